The van der Waals surface area contributed by atoms with Gasteiger partial charge in [-0.05, 0) is 58.3 Å². The number of hydrogen-bond acceptors (Lipinski definition) is 4. The molecular weight excluding hydrogens is 293 g/mol. The molecule has 2 aromatic rings. The number of nitrogens with one attached hydrogen (secondary N) is 1. The SMILES string of the molecule is CCOC(=O)c1cc(B2OC(C)(C)C(C)(C)O2)cc2[nH]ccc12. The van der Waals surface area contributed by atoms with Crippen molar-refractivity contribution in [3.8, 4) is 0 Å². The number of ether oxygens (including phenoxy) is 1. The molecule has 1 aromatic heterocycles. The van der Waals surface area contributed by atoms with E-state index in [2.05, 4.69) is 4.98 Å². The van der Waals surface area contributed by atoms with Gasteiger partial charge >= 0.3 is 13.1 Å². The third kappa shape index (κ3) is 2.66. The van der Waals surface area contributed by atoms with Crippen LogP contribution in [-0.4, -0.2) is 35.9 Å². The van der Waals surface area contributed by atoms with E-state index in [1.807, 2.05) is 39.8 Å². The van der Waals surface area contributed by atoms with E-state index in [0.29, 0.717) is 12.2 Å². The summed E-state index contributed by atoms with van der Waals surface area (Å²) in [5.74, 6) is -0.338. The lowest BCUT2D eigenvalue weighted by atomic mass is 9.78. The largest absolute Gasteiger partial charge is 0.494 e. The van der Waals surface area contributed by atoms with Crippen LogP contribution in [-0.2, 0) is 14.0 Å². The molecule has 122 valence electrons. The number of aromatic amines is 1. The molecule has 0 saturated carbocycles. The van der Waals surface area contributed by atoms with Gasteiger partial charge in [-0.25, -0.2) is 4.79 Å². The maximum absolute atomic E-state index is 12.3. The molecule has 23 heavy (non-hydrogen) atoms. The Labute approximate surface area is 136 Å². The second kappa shape index (κ2) is 5.39. The van der Waals surface area contributed by atoms with Crippen LogP contribution in [0.3, 0.4) is 0 Å². The molecule has 1 N–H and O–H groups in total. The van der Waals surface area contributed by atoms with E-state index < -0.39 is 18.3 Å². The van der Waals surface area contributed by atoms with Crippen molar-refractivity contribution in [3.05, 3.63) is 30.0 Å². The van der Waals surface area contributed by atoms with Gasteiger partial charge in [0.05, 0.1) is 23.4 Å². The van der Waals surface area contributed by atoms with Crippen molar-refractivity contribution in [2.24, 2.45) is 0 Å². The summed E-state index contributed by atoms with van der Waals surface area (Å²) in [5, 5.41) is 0.837. The molecule has 0 bridgehead atoms. The van der Waals surface area contributed by atoms with Gasteiger partial charge < -0.3 is 19.0 Å². The predicted octanol–water partition coefficient (Wildman–Crippen LogP) is 2.64. The highest BCUT2D eigenvalue weighted by Gasteiger charge is 2.51. The number of hydrogen-bond donors (Lipinski definition) is 1. The minimum atomic E-state index is -0.513. The summed E-state index contributed by atoms with van der Waals surface area (Å²) in [7, 11) is -0.513. The van der Waals surface area contributed by atoms with Crippen molar-refractivity contribution >= 4 is 29.5 Å². The minimum Gasteiger partial charge on any atom is -0.462 e. The second-order valence-corrected chi connectivity index (χ2v) is 6.82. The minimum absolute atomic E-state index is 0.338. The Bertz CT molecular complexity index is 734. The first-order valence-electron chi connectivity index (χ1n) is 7.89. The fraction of sp³-hybridized carbons (Fsp3) is 0.471. The lowest BCUT2D eigenvalue weighted by Gasteiger charge is -2.32. The summed E-state index contributed by atoms with van der Waals surface area (Å²) in [4.78, 5) is 15.4. The van der Waals surface area contributed by atoms with Gasteiger partial charge in [-0.1, -0.05) is 0 Å². The summed E-state index contributed by atoms with van der Waals surface area (Å²) in [5.41, 5.74) is 1.34. The predicted molar refractivity (Wildman–Crippen MR) is 90.0 cm³/mol. The molecule has 0 spiro atoms. The molecule has 3 rings (SSSR count). The maximum Gasteiger partial charge on any atom is 0.494 e. The van der Waals surface area contributed by atoms with Crippen molar-refractivity contribution in [2.75, 3.05) is 6.61 Å². The number of aromatic nitrogens is 1. The zero-order valence-electron chi connectivity index (χ0n) is 14.2. The lowest BCUT2D eigenvalue weighted by molar-refractivity contribution is 0.00578. The van der Waals surface area contributed by atoms with E-state index in [0.717, 1.165) is 16.4 Å². The molecule has 6 heteroatoms. The number of carbonyl (C=O) groups excluding carboxylic acids is 1. The first-order valence-corrected chi connectivity index (χ1v) is 7.89. The number of fused-ring (bicyclic) bond motifs is 1. The summed E-state index contributed by atoms with van der Waals surface area (Å²) in [6, 6.07) is 5.63. The molecule has 0 unspecified atom stereocenters. The summed E-state index contributed by atoms with van der Waals surface area (Å²) in [6.07, 6.45) is 1.81. The standard InChI is InChI=1S/C17H22BNO4/c1-6-21-15(20)13-9-11(10-14-12(13)7-8-19-14)18-22-16(2,3)17(4,5)23-18/h7-10,19H,6H2,1-5H3. The molecule has 2 heterocycles. The van der Waals surface area contributed by atoms with Crippen LogP contribution in [0.15, 0.2) is 24.4 Å². The zero-order chi connectivity index (χ0) is 16.8. The molecular formula is C17H22BNO4. The Morgan fingerprint density at radius 3 is 2.48 bits per heavy atom. The molecule has 1 aliphatic rings. The van der Waals surface area contributed by atoms with Crippen LogP contribution < -0.4 is 5.46 Å². The van der Waals surface area contributed by atoms with Crippen molar-refractivity contribution in [1.82, 2.24) is 4.98 Å². The molecule has 5 nitrogen and oxygen atoms in total. The quantitative estimate of drug-likeness (QED) is 0.699. The molecule has 1 aromatic carbocycles. The van der Waals surface area contributed by atoms with Crippen molar-refractivity contribution in [3.63, 3.8) is 0 Å². The van der Waals surface area contributed by atoms with Crippen LogP contribution in [0, 0.1) is 0 Å². The number of H-pyrrole nitrogens is 1. The van der Waals surface area contributed by atoms with E-state index in [1.54, 1.807) is 19.2 Å². The van der Waals surface area contributed by atoms with Crippen molar-refractivity contribution in [1.29, 1.82) is 0 Å². The highest BCUT2D eigenvalue weighted by molar-refractivity contribution is 6.62. The molecule has 1 fully saturated rings. The third-order valence-electron chi connectivity index (χ3n) is 4.71. The Kier molecular flexibility index (Phi) is 3.77. The Morgan fingerprint density at radius 1 is 1.22 bits per heavy atom. The molecule has 1 saturated heterocycles. The van der Waals surface area contributed by atoms with E-state index in [1.165, 1.54) is 0 Å². The van der Waals surface area contributed by atoms with Crippen LogP contribution in [0.4, 0.5) is 0 Å². The van der Waals surface area contributed by atoms with Crippen LogP contribution in [0.1, 0.15) is 45.0 Å². The van der Waals surface area contributed by atoms with Crippen LogP contribution in [0.25, 0.3) is 10.9 Å². The highest BCUT2D eigenvalue weighted by Crippen LogP contribution is 2.36. The van der Waals surface area contributed by atoms with Gasteiger partial charge in [0.1, 0.15) is 0 Å². The van der Waals surface area contributed by atoms with Gasteiger partial charge in [0.15, 0.2) is 0 Å². The Hall–Kier alpha value is -1.79. The Morgan fingerprint density at radius 2 is 1.87 bits per heavy atom. The lowest BCUT2D eigenvalue weighted by Crippen LogP contribution is -2.41. The molecule has 0 aliphatic carbocycles. The molecule has 0 atom stereocenters. The summed E-state index contributed by atoms with van der Waals surface area (Å²) < 4.78 is 17.3. The van der Waals surface area contributed by atoms with E-state index in [9.17, 15) is 4.79 Å². The molecule has 0 amide bonds. The smallest absolute Gasteiger partial charge is 0.462 e. The van der Waals surface area contributed by atoms with Crippen molar-refractivity contribution in [2.45, 2.75) is 45.8 Å². The molecule has 0 radical (unpaired) electrons. The van der Waals surface area contributed by atoms with Crippen LogP contribution in [0.5, 0.6) is 0 Å². The zero-order valence-corrected chi connectivity index (χ0v) is 14.2. The van der Waals surface area contributed by atoms with Gasteiger partial charge in [0, 0.05) is 17.1 Å². The summed E-state index contributed by atoms with van der Waals surface area (Å²) >= 11 is 0. The fourth-order valence-corrected chi connectivity index (χ4v) is 2.68. The maximum atomic E-state index is 12.3. The first-order chi connectivity index (χ1) is 10.7. The molecule has 1 aliphatic heterocycles. The van der Waals surface area contributed by atoms with Gasteiger partial charge in [-0.15, -0.1) is 0 Å². The van der Waals surface area contributed by atoms with Gasteiger partial charge in [-0.3, -0.25) is 0 Å². The van der Waals surface area contributed by atoms with E-state index in [4.69, 9.17) is 14.0 Å². The number of esters is 1. The van der Waals surface area contributed by atoms with Gasteiger partial charge in [-0.2, -0.15) is 0 Å². The monoisotopic (exact) mass is 315 g/mol. The van der Waals surface area contributed by atoms with Crippen LogP contribution >= 0.6 is 0 Å². The normalized spacial score (nSPS) is 19.3. The number of benzene rings is 1. The van der Waals surface area contributed by atoms with E-state index >= 15 is 0 Å². The topological polar surface area (TPSA) is 60.6 Å². The summed E-state index contributed by atoms with van der Waals surface area (Å²) in [6.45, 7) is 10.2. The average molecular weight is 315 g/mol. The average Bonchev–Trinajstić information content (AvgIpc) is 3.00. The second-order valence-electron chi connectivity index (χ2n) is 6.82. The number of rotatable bonds is 3. The fourth-order valence-electron chi connectivity index (χ4n) is 2.68. The Balaban J connectivity index is 2.04. The highest BCUT2D eigenvalue weighted by atomic mass is 16.7. The third-order valence-corrected chi connectivity index (χ3v) is 4.71. The van der Waals surface area contributed by atoms with Crippen molar-refractivity contribution < 1.29 is 18.8 Å². The van der Waals surface area contributed by atoms with E-state index in [-0.39, 0.29) is 5.97 Å². The van der Waals surface area contributed by atoms with Crippen LogP contribution in [0.2, 0.25) is 0 Å². The van der Waals surface area contributed by atoms with Gasteiger partial charge in [0.25, 0.3) is 0 Å². The first kappa shape index (κ1) is 16.1. The number of carbonyl (C=O) groups is 1. The van der Waals surface area contributed by atoms with Gasteiger partial charge in [0.2, 0.25) is 0 Å².